The Morgan fingerprint density at radius 2 is 1.44 bits per heavy atom. The molecule has 4 nitrogen and oxygen atoms in total. The van der Waals surface area contributed by atoms with E-state index in [9.17, 15) is 13.2 Å². The van der Waals surface area contributed by atoms with Gasteiger partial charge < -0.3 is 14.2 Å². The molecule has 0 aliphatic carbocycles. The zero-order valence-electron chi connectivity index (χ0n) is 17.0. The van der Waals surface area contributed by atoms with E-state index < -0.39 is 6.36 Å². The van der Waals surface area contributed by atoms with Crippen molar-refractivity contribution in [2.45, 2.75) is 13.3 Å². The number of hydrogen-bond acceptors (Lipinski definition) is 4. The van der Waals surface area contributed by atoms with Crippen LogP contribution in [-0.2, 0) is 0 Å². The fraction of sp³-hybridized carbons (Fsp3) is 0.125. The quantitative estimate of drug-likeness (QED) is 0.308. The van der Waals surface area contributed by atoms with Crippen LogP contribution in [0.5, 0.6) is 23.0 Å². The first kappa shape index (κ1) is 21.8. The van der Waals surface area contributed by atoms with Gasteiger partial charge in [-0.25, -0.2) is 0 Å². The van der Waals surface area contributed by atoms with Crippen molar-refractivity contribution in [3.05, 3.63) is 77.4 Å². The molecule has 0 saturated heterocycles. The molecule has 0 unspecified atom stereocenters. The van der Waals surface area contributed by atoms with Gasteiger partial charge in [-0.2, -0.15) is 0 Å². The SMILES string of the molecule is COc1cc2nc(C)c(-c3ccc(Oc4ccc(OC(F)(F)F)cc4)cc3)cc2cc1Cl. The van der Waals surface area contributed by atoms with Crippen molar-refractivity contribution in [2.75, 3.05) is 7.11 Å². The van der Waals surface area contributed by atoms with Crippen molar-refractivity contribution in [1.82, 2.24) is 4.98 Å². The summed E-state index contributed by atoms with van der Waals surface area (Å²) >= 11 is 6.25. The van der Waals surface area contributed by atoms with Crippen molar-refractivity contribution in [2.24, 2.45) is 0 Å². The maximum absolute atomic E-state index is 12.3. The number of alkyl halides is 3. The highest BCUT2D eigenvalue weighted by Crippen LogP contribution is 2.34. The van der Waals surface area contributed by atoms with E-state index in [0.717, 1.165) is 27.7 Å². The molecule has 1 aromatic heterocycles. The molecule has 0 fully saturated rings. The van der Waals surface area contributed by atoms with Crippen molar-refractivity contribution >= 4 is 22.5 Å². The Morgan fingerprint density at radius 3 is 2.03 bits per heavy atom. The Labute approximate surface area is 187 Å². The number of pyridine rings is 1. The lowest BCUT2D eigenvalue weighted by atomic mass is 10.0. The molecule has 0 radical (unpaired) electrons. The standard InChI is InChI=1S/C24H17ClF3NO3/c1-14-20(11-16-12-21(25)23(30-2)13-22(16)29-14)15-3-5-17(6-4-15)31-18-7-9-19(10-8-18)32-24(26,27)28/h3-13H,1-2H3. The summed E-state index contributed by atoms with van der Waals surface area (Å²) in [6.45, 7) is 1.92. The summed E-state index contributed by atoms with van der Waals surface area (Å²) in [5, 5.41) is 1.39. The number of rotatable bonds is 5. The number of hydrogen-bond donors (Lipinski definition) is 0. The third-order valence-corrected chi connectivity index (χ3v) is 5.03. The van der Waals surface area contributed by atoms with Crippen LogP contribution in [0.2, 0.25) is 5.02 Å². The Kier molecular flexibility index (Phi) is 5.84. The predicted molar refractivity (Wildman–Crippen MR) is 117 cm³/mol. The van der Waals surface area contributed by atoms with Gasteiger partial charge in [0, 0.05) is 22.7 Å². The number of fused-ring (bicyclic) bond motifs is 1. The molecule has 0 atom stereocenters. The summed E-state index contributed by atoms with van der Waals surface area (Å²) in [6, 6.07) is 18.2. The molecule has 1 heterocycles. The van der Waals surface area contributed by atoms with Crippen LogP contribution in [0, 0.1) is 6.92 Å². The molecule has 0 amide bonds. The van der Waals surface area contributed by atoms with Gasteiger partial charge in [0.1, 0.15) is 23.0 Å². The van der Waals surface area contributed by atoms with Gasteiger partial charge in [-0.3, -0.25) is 4.98 Å². The fourth-order valence-corrected chi connectivity index (χ4v) is 3.52. The highest BCUT2D eigenvalue weighted by molar-refractivity contribution is 6.32. The van der Waals surface area contributed by atoms with E-state index in [1.807, 2.05) is 31.2 Å². The van der Waals surface area contributed by atoms with Crippen LogP contribution in [0.1, 0.15) is 5.69 Å². The molecule has 0 aliphatic rings. The topological polar surface area (TPSA) is 40.6 Å². The third kappa shape index (κ3) is 4.89. The molecule has 164 valence electrons. The maximum Gasteiger partial charge on any atom is 0.573 e. The number of halogens is 4. The number of benzene rings is 3. The average Bonchev–Trinajstić information content (AvgIpc) is 2.74. The van der Waals surface area contributed by atoms with Gasteiger partial charge in [-0.15, -0.1) is 13.2 Å². The second-order valence-corrected chi connectivity index (χ2v) is 7.35. The van der Waals surface area contributed by atoms with E-state index >= 15 is 0 Å². The van der Waals surface area contributed by atoms with E-state index in [2.05, 4.69) is 9.72 Å². The number of methoxy groups -OCH3 is 1. The molecule has 3 aromatic carbocycles. The first-order valence-electron chi connectivity index (χ1n) is 9.51. The summed E-state index contributed by atoms with van der Waals surface area (Å²) in [5.74, 6) is 1.19. The van der Waals surface area contributed by atoms with Gasteiger partial charge >= 0.3 is 6.36 Å². The van der Waals surface area contributed by atoms with E-state index in [-0.39, 0.29) is 5.75 Å². The Hall–Kier alpha value is -3.45. The van der Waals surface area contributed by atoms with Gasteiger partial charge in [-0.05, 0) is 61.0 Å². The summed E-state index contributed by atoms with van der Waals surface area (Å²) in [4.78, 5) is 4.66. The minimum Gasteiger partial charge on any atom is -0.495 e. The van der Waals surface area contributed by atoms with E-state index in [1.54, 1.807) is 25.3 Å². The molecule has 4 rings (SSSR count). The summed E-state index contributed by atoms with van der Waals surface area (Å²) in [7, 11) is 1.56. The molecule has 0 spiro atoms. The molecule has 4 aromatic rings. The van der Waals surface area contributed by atoms with Crippen molar-refractivity contribution < 1.29 is 27.4 Å². The third-order valence-electron chi connectivity index (χ3n) is 4.74. The Bertz CT molecular complexity index is 1260. The van der Waals surface area contributed by atoms with Gasteiger partial charge in [-0.1, -0.05) is 23.7 Å². The second-order valence-electron chi connectivity index (χ2n) is 6.95. The van der Waals surface area contributed by atoms with Gasteiger partial charge in [0.05, 0.1) is 17.6 Å². The molecular weight excluding hydrogens is 443 g/mol. The summed E-state index contributed by atoms with van der Waals surface area (Å²) in [5.41, 5.74) is 3.50. The minimum absolute atomic E-state index is 0.308. The Morgan fingerprint density at radius 1 is 0.844 bits per heavy atom. The van der Waals surface area contributed by atoms with Crippen LogP contribution in [-0.4, -0.2) is 18.5 Å². The van der Waals surface area contributed by atoms with Crippen LogP contribution >= 0.6 is 11.6 Å². The van der Waals surface area contributed by atoms with Crippen molar-refractivity contribution in [3.8, 4) is 34.1 Å². The number of nitrogens with zero attached hydrogens (tertiary/aromatic N) is 1. The predicted octanol–water partition coefficient (Wildman–Crippen LogP) is 7.56. The highest BCUT2D eigenvalue weighted by Gasteiger charge is 2.31. The first-order valence-corrected chi connectivity index (χ1v) is 9.88. The smallest absolute Gasteiger partial charge is 0.495 e. The lowest BCUT2D eigenvalue weighted by molar-refractivity contribution is -0.274. The van der Waals surface area contributed by atoms with Crippen LogP contribution in [0.4, 0.5) is 13.2 Å². The first-order chi connectivity index (χ1) is 15.2. The van der Waals surface area contributed by atoms with E-state index in [4.69, 9.17) is 21.1 Å². The normalized spacial score (nSPS) is 11.4. The second kappa shape index (κ2) is 8.59. The van der Waals surface area contributed by atoms with Crippen molar-refractivity contribution in [1.29, 1.82) is 0 Å². The van der Waals surface area contributed by atoms with E-state index in [1.165, 1.54) is 24.3 Å². The molecule has 8 heteroatoms. The fourth-order valence-electron chi connectivity index (χ4n) is 3.27. The number of ether oxygens (including phenoxy) is 3. The molecule has 0 saturated carbocycles. The largest absolute Gasteiger partial charge is 0.573 e. The lowest BCUT2D eigenvalue weighted by Gasteiger charge is -2.12. The minimum atomic E-state index is -4.73. The Balaban J connectivity index is 1.54. The molecule has 0 aliphatic heterocycles. The van der Waals surface area contributed by atoms with Gasteiger partial charge in [0.2, 0.25) is 0 Å². The van der Waals surface area contributed by atoms with Crippen molar-refractivity contribution in [3.63, 3.8) is 0 Å². The van der Waals surface area contributed by atoms with Crippen LogP contribution in [0.3, 0.4) is 0 Å². The number of aryl methyl sites for hydroxylation is 1. The zero-order chi connectivity index (χ0) is 22.9. The summed E-state index contributed by atoms with van der Waals surface area (Å²) in [6.07, 6.45) is -4.73. The van der Waals surface area contributed by atoms with Gasteiger partial charge in [0.15, 0.2) is 0 Å². The summed E-state index contributed by atoms with van der Waals surface area (Å²) < 4.78 is 51.6. The van der Waals surface area contributed by atoms with E-state index in [0.29, 0.717) is 22.3 Å². The zero-order valence-corrected chi connectivity index (χ0v) is 17.8. The number of aromatic nitrogens is 1. The molecule has 0 bridgehead atoms. The van der Waals surface area contributed by atoms with Gasteiger partial charge in [0.25, 0.3) is 0 Å². The monoisotopic (exact) mass is 459 g/mol. The maximum atomic E-state index is 12.3. The molecular formula is C24H17ClF3NO3. The van der Waals surface area contributed by atoms with Crippen LogP contribution in [0.25, 0.3) is 22.0 Å². The average molecular weight is 460 g/mol. The highest BCUT2D eigenvalue weighted by atomic mass is 35.5. The van der Waals surface area contributed by atoms with Crippen LogP contribution < -0.4 is 14.2 Å². The lowest BCUT2D eigenvalue weighted by Crippen LogP contribution is -2.16. The van der Waals surface area contributed by atoms with Crippen LogP contribution in [0.15, 0.2) is 66.7 Å². The molecule has 32 heavy (non-hydrogen) atoms. The molecule has 0 N–H and O–H groups in total.